The minimum absolute atomic E-state index is 0.161. The summed E-state index contributed by atoms with van der Waals surface area (Å²) in [7, 11) is 0. The summed E-state index contributed by atoms with van der Waals surface area (Å²) in [5.74, 6) is -0.604. The van der Waals surface area contributed by atoms with Gasteiger partial charge in [0.25, 0.3) is 6.29 Å². The molecule has 40 heavy (non-hydrogen) atoms. The molecule has 0 atom stereocenters. The van der Waals surface area contributed by atoms with Crippen molar-refractivity contribution < 1.29 is 19.2 Å². The van der Waals surface area contributed by atoms with E-state index in [0.717, 1.165) is 16.7 Å². The van der Waals surface area contributed by atoms with Gasteiger partial charge in [-0.15, -0.1) is 11.3 Å². The van der Waals surface area contributed by atoms with Crippen LogP contribution in [0.3, 0.4) is 0 Å². The van der Waals surface area contributed by atoms with Crippen molar-refractivity contribution in [2.45, 2.75) is 51.4 Å². The molecule has 4 aromatic rings. The molecule has 0 fully saturated rings. The third-order valence-corrected chi connectivity index (χ3v) is 6.77. The van der Waals surface area contributed by atoms with Crippen LogP contribution in [-0.2, 0) is 24.7 Å². The third kappa shape index (κ3) is 6.46. The summed E-state index contributed by atoms with van der Waals surface area (Å²) in [6.07, 6.45) is 1.79. The minimum atomic E-state index is -1.42. The van der Waals surface area contributed by atoms with Gasteiger partial charge < -0.3 is 14.9 Å². The van der Waals surface area contributed by atoms with Crippen molar-refractivity contribution in [2.24, 2.45) is 5.16 Å². The Hall–Kier alpha value is -4.30. The predicted octanol–water partition coefficient (Wildman–Crippen LogP) is 6.50. The van der Waals surface area contributed by atoms with E-state index in [4.69, 9.17) is 9.57 Å². The maximum absolute atomic E-state index is 12.5. The van der Waals surface area contributed by atoms with Crippen LogP contribution in [0.25, 0.3) is 0 Å². The molecule has 3 aromatic carbocycles. The zero-order valence-corrected chi connectivity index (χ0v) is 24.0. The van der Waals surface area contributed by atoms with Gasteiger partial charge >= 0.3 is 5.97 Å². The molecule has 7 nitrogen and oxygen atoms in total. The topological polar surface area (TPSA) is 89.9 Å². The maximum atomic E-state index is 12.5. The van der Waals surface area contributed by atoms with E-state index in [1.807, 2.05) is 54.6 Å². The van der Waals surface area contributed by atoms with Crippen LogP contribution >= 0.6 is 11.3 Å². The molecule has 0 spiro atoms. The van der Waals surface area contributed by atoms with Crippen LogP contribution in [-0.4, -0.2) is 34.2 Å². The number of nitrogens with zero attached hydrogens (tertiary/aromatic N) is 2. The van der Waals surface area contributed by atoms with Gasteiger partial charge in [-0.25, -0.2) is 9.78 Å². The normalized spacial score (nSPS) is 12.5. The number of carbonyl (C=O) groups excluding carboxylic acids is 2. The van der Waals surface area contributed by atoms with E-state index in [2.05, 4.69) is 51.9 Å². The first-order chi connectivity index (χ1) is 19.0. The second-order valence-corrected chi connectivity index (χ2v) is 11.5. The fraction of sp³-hybridized carbons (Fsp3) is 0.250. The molecule has 0 bridgehead atoms. The number of aromatic nitrogens is 1. The van der Waals surface area contributed by atoms with Gasteiger partial charge in [0, 0.05) is 5.38 Å². The molecule has 0 amide bonds. The van der Waals surface area contributed by atoms with Crippen molar-refractivity contribution in [1.82, 2.24) is 4.98 Å². The number of hydrogen-bond donors (Lipinski definition) is 1. The molecule has 1 radical (unpaired) electrons. The van der Waals surface area contributed by atoms with E-state index in [0.29, 0.717) is 5.13 Å². The lowest BCUT2D eigenvalue weighted by molar-refractivity contribution is -0.179. The first-order valence-electron chi connectivity index (χ1n) is 12.8. The highest BCUT2D eigenvalue weighted by atomic mass is 32.1. The largest absolute Gasteiger partial charge is 0.457 e. The number of benzene rings is 3. The first-order valence-corrected chi connectivity index (χ1v) is 13.7. The molecule has 8 heteroatoms. The lowest BCUT2D eigenvalue weighted by Crippen LogP contribution is -2.40. The number of esters is 1. The summed E-state index contributed by atoms with van der Waals surface area (Å²) in [6.45, 7) is 8.33. The minimum Gasteiger partial charge on any atom is -0.457 e. The van der Waals surface area contributed by atoms with Crippen LogP contribution in [0.5, 0.6) is 0 Å². The van der Waals surface area contributed by atoms with Gasteiger partial charge in [-0.2, -0.15) is 0 Å². The molecule has 0 aliphatic carbocycles. The van der Waals surface area contributed by atoms with Gasteiger partial charge in [-0.05, 0) is 51.3 Å². The standard InChI is InChI=1S/C32H32N3O4S/c1-30(2,3)38-28(37)31(4,5)39-35-26(21-36)27-22-40-29(33-27)34-32(23-15-9-6-10-16-23,24-17-11-7-12-18-24)25-19-13-8-14-20-25/h6-20,22H,1-5H3,(H,33,34)/b35-26+. The second kappa shape index (κ2) is 11.8. The Morgan fingerprint density at radius 1 is 0.825 bits per heavy atom. The molecular weight excluding hydrogens is 522 g/mol. The maximum Gasteiger partial charge on any atom is 0.353 e. The molecule has 1 N–H and O–H groups in total. The number of oxime groups is 1. The lowest BCUT2D eigenvalue weighted by Gasteiger charge is -2.36. The summed E-state index contributed by atoms with van der Waals surface area (Å²) in [6, 6.07) is 30.4. The number of hydrogen-bond acceptors (Lipinski definition) is 8. The molecular formula is C32H32N3O4S. The fourth-order valence-corrected chi connectivity index (χ4v) is 4.85. The third-order valence-electron chi connectivity index (χ3n) is 6.01. The van der Waals surface area contributed by atoms with Crippen molar-refractivity contribution in [3.63, 3.8) is 0 Å². The molecule has 4 rings (SSSR count). The number of rotatable bonds is 10. The summed E-state index contributed by atoms with van der Waals surface area (Å²) in [4.78, 5) is 34.5. The number of anilines is 1. The SMILES string of the molecule is CC(C)(C)OC(=O)C(C)(C)O/N=C(\[C]=O)c1csc(NC(c2ccccc2)(c2ccccc2)c2ccccc2)n1. The lowest BCUT2D eigenvalue weighted by atomic mass is 9.77. The molecule has 0 aliphatic rings. The fourth-order valence-electron chi connectivity index (χ4n) is 4.10. The highest BCUT2D eigenvalue weighted by molar-refractivity contribution is 7.14. The van der Waals surface area contributed by atoms with E-state index < -0.39 is 22.7 Å². The Bertz CT molecular complexity index is 1360. The zero-order valence-electron chi connectivity index (χ0n) is 23.2. The number of ether oxygens (including phenoxy) is 1. The van der Waals surface area contributed by atoms with E-state index in [1.165, 1.54) is 25.2 Å². The van der Waals surface area contributed by atoms with Crippen molar-refractivity contribution in [3.05, 3.63) is 119 Å². The van der Waals surface area contributed by atoms with Crippen LogP contribution in [0.4, 0.5) is 5.13 Å². The second-order valence-electron chi connectivity index (χ2n) is 10.7. The van der Waals surface area contributed by atoms with Gasteiger partial charge in [0.1, 0.15) is 16.8 Å². The molecule has 205 valence electrons. The van der Waals surface area contributed by atoms with Crippen molar-refractivity contribution in [3.8, 4) is 0 Å². The average Bonchev–Trinajstić information content (AvgIpc) is 3.40. The highest BCUT2D eigenvalue weighted by Gasteiger charge is 2.38. The number of nitrogens with one attached hydrogen (secondary N) is 1. The molecule has 0 saturated carbocycles. The zero-order chi connectivity index (χ0) is 28.8. The van der Waals surface area contributed by atoms with E-state index >= 15 is 0 Å². The van der Waals surface area contributed by atoms with Crippen LogP contribution < -0.4 is 5.32 Å². The Kier molecular flexibility index (Phi) is 8.49. The van der Waals surface area contributed by atoms with Gasteiger partial charge in [0.15, 0.2) is 10.8 Å². The van der Waals surface area contributed by atoms with Crippen molar-refractivity contribution in [2.75, 3.05) is 5.32 Å². The number of carbonyl (C=O) groups is 1. The molecule has 1 aromatic heterocycles. The van der Waals surface area contributed by atoms with Gasteiger partial charge in [0.05, 0.1) is 0 Å². The quantitative estimate of drug-likeness (QED) is 0.104. The average molecular weight is 555 g/mol. The van der Waals surface area contributed by atoms with Gasteiger partial charge in [-0.3, -0.25) is 4.79 Å². The Labute approximate surface area is 238 Å². The van der Waals surface area contributed by atoms with Crippen LogP contribution in [0.15, 0.2) is 102 Å². The van der Waals surface area contributed by atoms with E-state index in [9.17, 15) is 9.59 Å². The first kappa shape index (κ1) is 28.7. The van der Waals surface area contributed by atoms with Crippen LogP contribution in [0, 0.1) is 0 Å². The molecule has 0 saturated heterocycles. The summed E-state index contributed by atoms with van der Waals surface area (Å²) in [5.41, 5.74) is 0.258. The molecule has 0 aliphatic heterocycles. The summed E-state index contributed by atoms with van der Waals surface area (Å²) in [5, 5.41) is 9.85. The monoisotopic (exact) mass is 554 g/mol. The van der Waals surface area contributed by atoms with E-state index in [1.54, 1.807) is 32.4 Å². The Morgan fingerprint density at radius 3 is 1.73 bits per heavy atom. The highest BCUT2D eigenvalue weighted by Crippen LogP contribution is 2.40. The van der Waals surface area contributed by atoms with Crippen LogP contribution in [0.1, 0.15) is 57.0 Å². The van der Waals surface area contributed by atoms with Crippen LogP contribution in [0.2, 0.25) is 0 Å². The molecule has 1 heterocycles. The van der Waals surface area contributed by atoms with E-state index in [-0.39, 0.29) is 11.4 Å². The van der Waals surface area contributed by atoms with Crippen molar-refractivity contribution >= 4 is 34.4 Å². The van der Waals surface area contributed by atoms with Gasteiger partial charge in [-0.1, -0.05) is 96.2 Å². The Morgan fingerprint density at radius 2 is 1.30 bits per heavy atom. The Balaban J connectivity index is 1.71. The number of thiazole rings is 1. The predicted molar refractivity (Wildman–Crippen MR) is 158 cm³/mol. The summed E-state index contributed by atoms with van der Waals surface area (Å²) < 4.78 is 5.40. The summed E-state index contributed by atoms with van der Waals surface area (Å²) >= 11 is 1.32. The van der Waals surface area contributed by atoms with Gasteiger partial charge in [0.2, 0.25) is 5.60 Å². The van der Waals surface area contributed by atoms with Crippen molar-refractivity contribution in [1.29, 1.82) is 0 Å². The molecule has 0 unspecified atom stereocenters. The smallest absolute Gasteiger partial charge is 0.353 e.